The van der Waals surface area contributed by atoms with Crippen molar-refractivity contribution >= 4 is 17.6 Å². The molecular formula is C8H13N3OS. The summed E-state index contributed by atoms with van der Waals surface area (Å²) < 4.78 is 4.80. The molecule has 1 aliphatic heterocycles. The Morgan fingerprint density at radius 1 is 1.77 bits per heavy atom. The van der Waals surface area contributed by atoms with E-state index < -0.39 is 0 Å². The summed E-state index contributed by atoms with van der Waals surface area (Å²) in [5.74, 6) is 2.75. The first kappa shape index (κ1) is 8.90. The van der Waals surface area contributed by atoms with Crippen LogP contribution in [0.5, 0.6) is 0 Å². The number of nitrogens with one attached hydrogen (secondary N) is 1. The standard InChI is InChI=1S/C8H13N3OS/c9-8-4-6(11-12-8)3-7-5-13-2-1-10-7/h4,7,10H,1-3,5,9H2. The third-order valence-corrected chi connectivity index (χ3v) is 3.16. The Morgan fingerprint density at radius 3 is 3.31 bits per heavy atom. The highest BCUT2D eigenvalue weighted by atomic mass is 32.2. The molecule has 4 nitrogen and oxygen atoms in total. The fourth-order valence-corrected chi connectivity index (χ4v) is 2.38. The Morgan fingerprint density at radius 2 is 2.69 bits per heavy atom. The average Bonchev–Trinajstić information content (AvgIpc) is 2.53. The van der Waals surface area contributed by atoms with E-state index in [1.807, 2.05) is 11.8 Å². The van der Waals surface area contributed by atoms with Crippen molar-refractivity contribution in [3.63, 3.8) is 0 Å². The van der Waals surface area contributed by atoms with E-state index >= 15 is 0 Å². The average molecular weight is 199 g/mol. The van der Waals surface area contributed by atoms with Gasteiger partial charge in [-0.05, 0) is 0 Å². The van der Waals surface area contributed by atoms with Crippen LogP contribution in [0.15, 0.2) is 10.6 Å². The Bertz CT molecular complexity index is 270. The van der Waals surface area contributed by atoms with Crippen LogP contribution in [0.3, 0.4) is 0 Å². The van der Waals surface area contributed by atoms with Gasteiger partial charge in [0.1, 0.15) is 0 Å². The Hall–Kier alpha value is -0.680. The fourth-order valence-electron chi connectivity index (χ4n) is 1.43. The summed E-state index contributed by atoms with van der Waals surface area (Å²) >= 11 is 1.98. The molecule has 0 aromatic carbocycles. The number of nitrogen functional groups attached to an aromatic ring is 1. The number of anilines is 1. The normalized spacial score (nSPS) is 23.2. The molecule has 1 aromatic heterocycles. The van der Waals surface area contributed by atoms with Crippen LogP contribution in [0, 0.1) is 0 Å². The van der Waals surface area contributed by atoms with Gasteiger partial charge in [0, 0.05) is 36.6 Å². The van der Waals surface area contributed by atoms with Crippen molar-refractivity contribution in [1.82, 2.24) is 10.5 Å². The zero-order chi connectivity index (χ0) is 9.10. The van der Waals surface area contributed by atoms with Crippen molar-refractivity contribution in [2.75, 3.05) is 23.8 Å². The maximum atomic E-state index is 5.43. The molecule has 2 rings (SSSR count). The minimum absolute atomic E-state index is 0.401. The van der Waals surface area contributed by atoms with E-state index in [1.54, 1.807) is 6.07 Å². The molecule has 3 N–H and O–H groups in total. The Balaban J connectivity index is 1.89. The van der Waals surface area contributed by atoms with Gasteiger partial charge in [0.15, 0.2) is 0 Å². The number of rotatable bonds is 2. The molecule has 0 aliphatic carbocycles. The second kappa shape index (κ2) is 4.02. The number of hydrogen-bond donors (Lipinski definition) is 2. The predicted molar refractivity (Wildman–Crippen MR) is 53.7 cm³/mol. The minimum atomic E-state index is 0.401. The molecular weight excluding hydrogens is 186 g/mol. The molecule has 1 aliphatic rings. The van der Waals surface area contributed by atoms with E-state index in [1.165, 1.54) is 5.75 Å². The summed E-state index contributed by atoms with van der Waals surface area (Å²) in [5, 5.41) is 7.29. The third-order valence-electron chi connectivity index (χ3n) is 2.03. The largest absolute Gasteiger partial charge is 0.368 e. The van der Waals surface area contributed by atoms with Crippen LogP contribution in [0.2, 0.25) is 0 Å². The second-order valence-corrected chi connectivity index (χ2v) is 4.30. The molecule has 0 bridgehead atoms. The van der Waals surface area contributed by atoms with Crippen LogP contribution in [0.25, 0.3) is 0 Å². The highest BCUT2D eigenvalue weighted by Gasteiger charge is 2.15. The van der Waals surface area contributed by atoms with Gasteiger partial charge >= 0.3 is 0 Å². The lowest BCUT2D eigenvalue weighted by Crippen LogP contribution is -2.38. The highest BCUT2D eigenvalue weighted by molar-refractivity contribution is 7.99. The topological polar surface area (TPSA) is 64.1 Å². The number of nitrogens with two attached hydrogens (primary N) is 1. The summed E-state index contributed by atoms with van der Waals surface area (Å²) in [5.41, 5.74) is 6.37. The predicted octanol–water partition coefficient (Wildman–Crippen LogP) is 0.504. The first-order valence-electron chi connectivity index (χ1n) is 4.37. The van der Waals surface area contributed by atoms with Crippen molar-refractivity contribution in [3.8, 4) is 0 Å². The van der Waals surface area contributed by atoms with Gasteiger partial charge in [-0.1, -0.05) is 5.16 Å². The molecule has 1 fully saturated rings. The Kier molecular flexibility index (Phi) is 2.75. The van der Waals surface area contributed by atoms with Crippen LogP contribution in [0.1, 0.15) is 5.69 Å². The van der Waals surface area contributed by atoms with Gasteiger partial charge < -0.3 is 15.6 Å². The number of nitrogens with zero attached hydrogens (tertiary/aromatic N) is 1. The van der Waals surface area contributed by atoms with Gasteiger partial charge in [0.05, 0.1) is 5.69 Å². The van der Waals surface area contributed by atoms with Gasteiger partial charge in [0.25, 0.3) is 0 Å². The lowest BCUT2D eigenvalue weighted by Gasteiger charge is -2.21. The molecule has 13 heavy (non-hydrogen) atoms. The zero-order valence-electron chi connectivity index (χ0n) is 7.32. The molecule has 1 saturated heterocycles. The van der Waals surface area contributed by atoms with Crippen molar-refractivity contribution in [2.24, 2.45) is 0 Å². The van der Waals surface area contributed by atoms with Crippen LogP contribution >= 0.6 is 11.8 Å². The van der Waals surface area contributed by atoms with Gasteiger partial charge in [-0.2, -0.15) is 11.8 Å². The minimum Gasteiger partial charge on any atom is -0.368 e. The maximum Gasteiger partial charge on any atom is 0.222 e. The van der Waals surface area contributed by atoms with Gasteiger partial charge in [-0.15, -0.1) is 0 Å². The smallest absolute Gasteiger partial charge is 0.222 e. The first-order chi connectivity index (χ1) is 6.34. The van der Waals surface area contributed by atoms with Crippen molar-refractivity contribution in [3.05, 3.63) is 11.8 Å². The number of hydrogen-bond acceptors (Lipinski definition) is 5. The van der Waals surface area contributed by atoms with E-state index in [2.05, 4.69) is 10.5 Å². The van der Waals surface area contributed by atoms with Gasteiger partial charge in [-0.25, -0.2) is 0 Å². The molecule has 2 heterocycles. The summed E-state index contributed by atoms with van der Waals surface area (Å²) in [4.78, 5) is 0. The molecule has 1 atom stereocenters. The highest BCUT2D eigenvalue weighted by Crippen LogP contribution is 2.13. The molecule has 0 saturated carbocycles. The fraction of sp³-hybridized carbons (Fsp3) is 0.625. The third kappa shape index (κ3) is 2.38. The van der Waals surface area contributed by atoms with E-state index in [0.717, 1.165) is 24.4 Å². The van der Waals surface area contributed by atoms with Crippen LogP contribution < -0.4 is 11.1 Å². The van der Waals surface area contributed by atoms with E-state index in [9.17, 15) is 0 Å². The lowest BCUT2D eigenvalue weighted by atomic mass is 10.2. The molecule has 0 radical (unpaired) electrons. The van der Waals surface area contributed by atoms with Gasteiger partial charge in [-0.3, -0.25) is 0 Å². The number of aromatic nitrogens is 1. The van der Waals surface area contributed by atoms with E-state index in [0.29, 0.717) is 11.9 Å². The first-order valence-corrected chi connectivity index (χ1v) is 5.52. The second-order valence-electron chi connectivity index (χ2n) is 3.15. The van der Waals surface area contributed by atoms with Crippen molar-refractivity contribution < 1.29 is 4.52 Å². The molecule has 72 valence electrons. The molecule has 0 spiro atoms. The van der Waals surface area contributed by atoms with Gasteiger partial charge in [0.2, 0.25) is 5.88 Å². The molecule has 5 heteroatoms. The maximum absolute atomic E-state index is 5.43. The lowest BCUT2D eigenvalue weighted by molar-refractivity contribution is 0.421. The van der Waals surface area contributed by atoms with Crippen molar-refractivity contribution in [2.45, 2.75) is 12.5 Å². The van der Waals surface area contributed by atoms with Crippen molar-refractivity contribution in [1.29, 1.82) is 0 Å². The van der Waals surface area contributed by atoms with Crippen LogP contribution in [-0.4, -0.2) is 29.2 Å². The Labute approximate surface area is 81.2 Å². The quantitative estimate of drug-likeness (QED) is 0.726. The summed E-state index contributed by atoms with van der Waals surface area (Å²) in [6.45, 7) is 1.09. The summed E-state index contributed by atoms with van der Waals surface area (Å²) in [6.07, 6.45) is 0.910. The SMILES string of the molecule is Nc1cc(CC2CSCCN2)no1. The van der Waals surface area contributed by atoms with E-state index in [-0.39, 0.29) is 0 Å². The molecule has 0 amide bonds. The monoisotopic (exact) mass is 199 g/mol. The summed E-state index contributed by atoms with van der Waals surface area (Å²) in [6, 6.07) is 2.31. The van der Waals surface area contributed by atoms with E-state index in [4.69, 9.17) is 10.3 Å². The zero-order valence-corrected chi connectivity index (χ0v) is 8.14. The molecule has 1 aromatic rings. The molecule has 1 unspecified atom stereocenters. The number of thioether (sulfide) groups is 1. The van der Waals surface area contributed by atoms with Crippen LogP contribution in [-0.2, 0) is 6.42 Å². The summed E-state index contributed by atoms with van der Waals surface area (Å²) in [7, 11) is 0. The van der Waals surface area contributed by atoms with Crippen LogP contribution in [0.4, 0.5) is 5.88 Å².